The Hall–Kier alpha value is -0.770. The van der Waals surface area contributed by atoms with Crippen LogP contribution >= 0.6 is 0 Å². The van der Waals surface area contributed by atoms with Crippen LogP contribution in [-0.4, -0.2) is 0 Å². The van der Waals surface area contributed by atoms with Crippen LogP contribution in [0.5, 0.6) is 0 Å². The third kappa shape index (κ3) is 1.20. The standard InChI is InChI=1S/C12H17N/c1-8(4-5-13)9-6-10-11(7-9)12(10,2)3/h10-11H,4,6-7H2,1-3H3/t10-,11-/m0/s1. The summed E-state index contributed by atoms with van der Waals surface area (Å²) in [6.07, 6.45) is 3.17. The van der Waals surface area contributed by atoms with Crippen LogP contribution in [-0.2, 0) is 0 Å². The number of rotatable bonds is 1. The summed E-state index contributed by atoms with van der Waals surface area (Å²) in [5.74, 6) is 1.85. The van der Waals surface area contributed by atoms with Gasteiger partial charge in [-0.2, -0.15) is 5.26 Å². The highest BCUT2D eigenvalue weighted by molar-refractivity contribution is 5.28. The maximum absolute atomic E-state index is 8.59. The second-order valence-electron chi connectivity index (χ2n) is 5.16. The molecule has 2 saturated carbocycles. The minimum atomic E-state index is 0.608. The van der Waals surface area contributed by atoms with Gasteiger partial charge in [0.2, 0.25) is 0 Å². The van der Waals surface area contributed by atoms with Crippen LogP contribution in [0.15, 0.2) is 11.1 Å². The van der Waals surface area contributed by atoms with E-state index in [0.29, 0.717) is 11.8 Å². The molecule has 1 heteroatoms. The Labute approximate surface area is 80.4 Å². The summed E-state index contributed by atoms with van der Waals surface area (Å²) in [7, 11) is 0. The van der Waals surface area contributed by atoms with E-state index in [0.717, 1.165) is 11.8 Å². The first-order valence-electron chi connectivity index (χ1n) is 5.12. The lowest BCUT2D eigenvalue weighted by atomic mass is 9.94. The topological polar surface area (TPSA) is 23.8 Å². The van der Waals surface area contributed by atoms with Crippen molar-refractivity contribution in [1.82, 2.24) is 0 Å². The van der Waals surface area contributed by atoms with E-state index in [1.165, 1.54) is 18.4 Å². The van der Waals surface area contributed by atoms with Crippen LogP contribution in [0.4, 0.5) is 0 Å². The number of nitriles is 1. The quantitative estimate of drug-likeness (QED) is 0.561. The molecule has 0 saturated heterocycles. The molecule has 2 aliphatic rings. The van der Waals surface area contributed by atoms with Crippen LogP contribution < -0.4 is 0 Å². The largest absolute Gasteiger partial charge is 0.198 e. The Kier molecular flexibility index (Phi) is 1.77. The van der Waals surface area contributed by atoms with Crippen molar-refractivity contribution in [3.63, 3.8) is 0 Å². The Morgan fingerprint density at radius 1 is 1.46 bits per heavy atom. The van der Waals surface area contributed by atoms with Gasteiger partial charge in [0.1, 0.15) is 0 Å². The summed E-state index contributed by atoms with van der Waals surface area (Å²) >= 11 is 0. The molecule has 0 aromatic heterocycles. The molecule has 2 fully saturated rings. The second-order valence-corrected chi connectivity index (χ2v) is 5.16. The van der Waals surface area contributed by atoms with E-state index < -0.39 is 0 Å². The molecule has 0 aromatic carbocycles. The van der Waals surface area contributed by atoms with Gasteiger partial charge in [-0.05, 0) is 37.0 Å². The van der Waals surface area contributed by atoms with Gasteiger partial charge in [0, 0.05) is 0 Å². The lowest BCUT2D eigenvalue weighted by Gasteiger charge is -2.11. The molecule has 2 aliphatic carbocycles. The van der Waals surface area contributed by atoms with Crippen molar-refractivity contribution in [2.45, 2.75) is 40.0 Å². The molecule has 0 N–H and O–H groups in total. The predicted molar refractivity (Wildman–Crippen MR) is 52.9 cm³/mol. The molecule has 0 bridgehead atoms. The van der Waals surface area contributed by atoms with Crippen molar-refractivity contribution < 1.29 is 0 Å². The van der Waals surface area contributed by atoms with Crippen molar-refractivity contribution in [2.24, 2.45) is 17.3 Å². The summed E-state index contributed by atoms with van der Waals surface area (Å²) in [6.45, 7) is 6.87. The van der Waals surface area contributed by atoms with Crippen molar-refractivity contribution in [2.75, 3.05) is 0 Å². The van der Waals surface area contributed by atoms with E-state index in [1.807, 2.05) is 0 Å². The molecule has 0 heterocycles. The van der Waals surface area contributed by atoms with Gasteiger partial charge in [0.15, 0.2) is 0 Å². The normalized spacial score (nSPS) is 33.8. The summed E-state index contributed by atoms with van der Waals surface area (Å²) in [4.78, 5) is 0. The molecule has 2 atom stereocenters. The highest BCUT2D eigenvalue weighted by atomic mass is 14.6. The van der Waals surface area contributed by atoms with Gasteiger partial charge in [0.25, 0.3) is 0 Å². The fourth-order valence-corrected chi connectivity index (χ4v) is 2.87. The van der Waals surface area contributed by atoms with Crippen LogP contribution in [0.1, 0.15) is 40.0 Å². The van der Waals surface area contributed by atoms with E-state index in [2.05, 4.69) is 26.8 Å². The van der Waals surface area contributed by atoms with Crippen molar-refractivity contribution in [3.05, 3.63) is 11.1 Å². The molecule has 2 rings (SSSR count). The molecule has 1 nitrogen and oxygen atoms in total. The summed E-state index contributed by atoms with van der Waals surface area (Å²) in [5.41, 5.74) is 3.53. The van der Waals surface area contributed by atoms with Crippen molar-refractivity contribution >= 4 is 0 Å². The van der Waals surface area contributed by atoms with Gasteiger partial charge in [0.05, 0.1) is 12.5 Å². The molecule has 0 unspecified atom stereocenters. The summed E-state index contributed by atoms with van der Waals surface area (Å²) < 4.78 is 0. The fraction of sp³-hybridized carbons (Fsp3) is 0.750. The van der Waals surface area contributed by atoms with E-state index in [-0.39, 0.29) is 0 Å². The number of nitrogens with zero attached hydrogens (tertiary/aromatic N) is 1. The lowest BCUT2D eigenvalue weighted by Crippen LogP contribution is -1.99. The van der Waals surface area contributed by atoms with Crippen molar-refractivity contribution in [3.8, 4) is 6.07 Å². The zero-order chi connectivity index (χ0) is 9.64. The fourth-order valence-electron chi connectivity index (χ4n) is 2.87. The van der Waals surface area contributed by atoms with Gasteiger partial charge in [-0.3, -0.25) is 0 Å². The molecule has 0 aliphatic heterocycles. The molecule has 0 spiro atoms. The maximum Gasteiger partial charge on any atom is 0.0666 e. The lowest BCUT2D eigenvalue weighted by molar-refractivity contribution is 0.503. The van der Waals surface area contributed by atoms with E-state index >= 15 is 0 Å². The summed E-state index contributed by atoms with van der Waals surface area (Å²) in [5, 5.41) is 8.59. The van der Waals surface area contributed by atoms with E-state index in [9.17, 15) is 0 Å². The van der Waals surface area contributed by atoms with Crippen LogP contribution in [0.25, 0.3) is 0 Å². The molecule has 0 radical (unpaired) electrons. The third-order valence-corrected chi connectivity index (χ3v) is 4.17. The maximum atomic E-state index is 8.59. The Bertz CT molecular complexity index is 288. The third-order valence-electron chi connectivity index (χ3n) is 4.17. The molecular formula is C12H17N. The molecular weight excluding hydrogens is 158 g/mol. The monoisotopic (exact) mass is 175 g/mol. The SMILES string of the molecule is CC(CC#N)=C1C[C@H]2[C@H](C1)C2(C)C. The smallest absolute Gasteiger partial charge is 0.0666 e. The minimum absolute atomic E-state index is 0.608. The molecule has 70 valence electrons. The average Bonchev–Trinajstić information content (AvgIpc) is 2.53. The zero-order valence-electron chi connectivity index (χ0n) is 8.72. The van der Waals surface area contributed by atoms with Crippen LogP contribution in [0.2, 0.25) is 0 Å². The Morgan fingerprint density at radius 2 is 2.00 bits per heavy atom. The van der Waals surface area contributed by atoms with Gasteiger partial charge in [-0.25, -0.2) is 0 Å². The average molecular weight is 175 g/mol. The zero-order valence-corrected chi connectivity index (χ0v) is 8.72. The van der Waals surface area contributed by atoms with Gasteiger partial charge >= 0.3 is 0 Å². The highest BCUT2D eigenvalue weighted by Gasteiger charge is 2.60. The van der Waals surface area contributed by atoms with Crippen LogP contribution in [0, 0.1) is 28.6 Å². The molecule has 0 aromatic rings. The predicted octanol–water partition coefficient (Wildman–Crippen LogP) is 3.28. The van der Waals surface area contributed by atoms with Crippen LogP contribution in [0.3, 0.4) is 0 Å². The first-order valence-corrected chi connectivity index (χ1v) is 5.12. The number of hydrogen-bond acceptors (Lipinski definition) is 1. The Morgan fingerprint density at radius 3 is 2.46 bits per heavy atom. The number of allylic oxidation sites excluding steroid dienone is 2. The highest BCUT2D eigenvalue weighted by Crippen LogP contribution is 2.68. The first-order chi connectivity index (χ1) is 6.07. The van der Waals surface area contributed by atoms with E-state index in [4.69, 9.17) is 5.26 Å². The van der Waals surface area contributed by atoms with Gasteiger partial charge in [-0.1, -0.05) is 25.0 Å². The summed E-state index contributed by atoms with van der Waals surface area (Å²) in [6, 6.07) is 2.24. The molecule has 13 heavy (non-hydrogen) atoms. The van der Waals surface area contributed by atoms with Gasteiger partial charge < -0.3 is 0 Å². The molecule has 0 amide bonds. The second kappa shape index (κ2) is 2.61. The minimum Gasteiger partial charge on any atom is -0.198 e. The van der Waals surface area contributed by atoms with Crippen molar-refractivity contribution in [1.29, 1.82) is 5.26 Å². The Balaban J connectivity index is 2.05. The number of fused-ring (bicyclic) bond motifs is 1. The number of hydrogen-bond donors (Lipinski definition) is 0. The first kappa shape index (κ1) is 8.81. The van der Waals surface area contributed by atoms with E-state index in [1.54, 1.807) is 5.57 Å². The van der Waals surface area contributed by atoms with Gasteiger partial charge in [-0.15, -0.1) is 0 Å².